The highest BCUT2D eigenvalue weighted by atomic mass is 35.5. The number of aromatic nitrogens is 1. The fourth-order valence-corrected chi connectivity index (χ4v) is 1.85. The van der Waals surface area contributed by atoms with E-state index in [1.54, 1.807) is 13.0 Å². The monoisotopic (exact) mass is 312 g/mol. The van der Waals surface area contributed by atoms with Crippen molar-refractivity contribution in [3.8, 4) is 0 Å². The highest BCUT2D eigenvalue weighted by molar-refractivity contribution is 6.29. The van der Waals surface area contributed by atoms with Crippen molar-refractivity contribution >= 4 is 29.2 Å². The molecular formula is C14H21ClN4O2. The Morgan fingerprint density at radius 1 is 1.33 bits per heavy atom. The van der Waals surface area contributed by atoms with Crippen LogP contribution in [0.2, 0.25) is 5.15 Å². The predicted molar refractivity (Wildman–Crippen MR) is 83.6 cm³/mol. The van der Waals surface area contributed by atoms with Crippen molar-refractivity contribution in [3.63, 3.8) is 0 Å². The zero-order valence-electron chi connectivity index (χ0n) is 12.5. The smallest absolute Gasteiger partial charge is 0.252 e. The Balaban J connectivity index is 2.77. The third-order valence-corrected chi connectivity index (χ3v) is 2.90. The lowest BCUT2D eigenvalue weighted by Gasteiger charge is -2.14. The number of carbonyl (C=O) groups is 2. The molecule has 1 rings (SSSR count). The average Bonchev–Trinajstić information content (AvgIpc) is 2.44. The second-order valence-corrected chi connectivity index (χ2v) is 4.97. The van der Waals surface area contributed by atoms with E-state index in [1.165, 1.54) is 6.07 Å². The highest BCUT2D eigenvalue weighted by Crippen LogP contribution is 2.14. The molecule has 116 valence electrons. The number of rotatable bonds is 7. The molecule has 1 aromatic rings. The second-order valence-electron chi connectivity index (χ2n) is 4.58. The van der Waals surface area contributed by atoms with E-state index in [4.69, 9.17) is 11.6 Å². The summed E-state index contributed by atoms with van der Waals surface area (Å²) in [6.07, 6.45) is 0.934. The summed E-state index contributed by atoms with van der Waals surface area (Å²) in [5.74, 6) is -0.0481. The van der Waals surface area contributed by atoms with E-state index in [2.05, 4.69) is 20.9 Å². The first-order valence-corrected chi connectivity index (χ1v) is 7.35. The summed E-state index contributed by atoms with van der Waals surface area (Å²) in [5, 5.41) is 8.58. The zero-order valence-corrected chi connectivity index (χ0v) is 13.3. The minimum Gasteiger partial charge on any atom is -0.370 e. The van der Waals surface area contributed by atoms with Crippen LogP contribution in [0.1, 0.15) is 37.6 Å². The van der Waals surface area contributed by atoms with Gasteiger partial charge in [-0.2, -0.15) is 0 Å². The molecule has 0 radical (unpaired) electrons. The number of hydrogen-bond donors (Lipinski definition) is 3. The largest absolute Gasteiger partial charge is 0.370 e. The van der Waals surface area contributed by atoms with E-state index in [-0.39, 0.29) is 17.0 Å². The van der Waals surface area contributed by atoms with Crippen LogP contribution in [0, 0.1) is 0 Å². The molecule has 0 saturated carbocycles. The van der Waals surface area contributed by atoms with Crippen LogP contribution in [0.4, 0.5) is 5.82 Å². The number of likely N-dealkylation sites (N-methyl/N-ethyl adjacent to an activating group) is 1. The van der Waals surface area contributed by atoms with Crippen LogP contribution in [0.5, 0.6) is 0 Å². The van der Waals surface area contributed by atoms with E-state index in [0.29, 0.717) is 17.9 Å². The van der Waals surface area contributed by atoms with Crippen LogP contribution in [0.15, 0.2) is 12.1 Å². The number of pyridine rings is 1. The van der Waals surface area contributed by atoms with Crippen molar-refractivity contribution in [1.29, 1.82) is 0 Å². The van der Waals surface area contributed by atoms with Gasteiger partial charge in [-0.3, -0.25) is 9.59 Å². The molecule has 1 aromatic heterocycles. The topological polar surface area (TPSA) is 83.1 Å². The second kappa shape index (κ2) is 8.46. The first-order valence-electron chi connectivity index (χ1n) is 6.98. The van der Waals surface area contributed by atoms with Crippen molar-refractivity contribution < 1.29 is 9.59 Å². The molecule has 0 bridgehead atoms. The van der Waals surface area contributed by atoms with Gasteiger partial charge in [0.15, 0.2) is 0 Å². The number of carbonyl (C=O) groups excluding carboxylic acids is 2. The van der Waals surface area contributed by atoms with Gasteiger partial charge in [-0.1, -0.05) is 18.5 Å². The Kier molecular flexibility index (Phi) is 6.94. The maximum atomic E-state index is 12.1. The Bertz CT molecular complexity index is 508. The number of nitrogens with zero attached hydrogens (tertiary/aromatic N) is 1. The van der Waals surface area contributed by atoms with Gasteiger partial charge in [-0.05, 0) is 32.4 Å². The summed E-state index contributed by atoms with van der Waals surface area (Å²) < 4.78 is 0. The molecule has 0 aliphatic rings. The van der Waals surface area contributed by atoms with E-state index >= 15 is 0 Å². The fourth-order valence-electron chi connectivity index (χ4n) is 1.64. The summed E-state index contributed by atoms with van der Waals surface area (Å²) in [6.45, 7) is 6.73. The standard InChI is InChI=1S/C14H21ClN4O2/c1-4-6-17-12-8-10(7-11(15)19-12)14(21)18-9(3)13(20)16-5-2/h7-9H,4-6H2,1-3H3,(H,16,20)(H,17,19)(H,18,21). The van der Waals surface area contributed by atoms with Gasteiger partial charge in [-0.25, -0.2) is 4.98 Å². The zero-order chi connectivity index (χ0) is 15.8. The van der Waals surface area contributed by atoms with Crippen LogP contribution >= 0.6 is 11.6 Å². The summed E-state index contributed by atoms with van der Waals surface area (Å²) in [4.78, 5) is 27.8. The fraction of sp³-hybridized carbons (Fsp3) is 0.500. The predicted octanol–water partition coefficient (Wildman–Crippen LogP) is 1.81. The normalized spacial score (nSPS) is 11.6. The molecule has 1 heterocycles. The van der Waals surface area contributed by atoms with Crippen LogP contribution < -0.4 is 16.0 Å². The van der Waals surface area contributed by atoms with E-state index in [0.717, 1.165) is 13.0 Å². The SMILES string of the molecule is CCCNc1cc(C(=O)NC(C)C(=O)NCC)cc(Cl)n1. The third-order valence-electron chi connectivity index (χ3n) is 2.70. The molecule has 0 spiro atoms. The number of halogens is 1. The summed E-state index contributed by atoms with van der Waals surface area (Å²) >= 11 is 5.91. The van der Waals surface area contributed by atoms with Gasteiger partial charge >= 0.3 is 0 Å². The van der Waals surface area contributed by atoms with Gasteiger partial charge < -0.3 is 16.0 Å². The highest BCUT2D eigenvalue weighted by Gasteiger charge is 2.16. The van der Waals surface area contributed by atoms with Gasteiger partial charge in [0.05, 0.1) is 0 Å². The molecule has 2 amide bonds. The van der Waals surface area contributed by atoms with Crippen molar-refractivity contribution in [1.82, 2.24) is 15.6 Å². The molecule has 1 atom stereocenters. The molecule has 21 heavy (non-hydrogen) atoms. The van der Waals surface area contributed by atoms with Crippen molar-refractivity contribution in [2.24, 2.45) is 0 Å². The summed E-state index contributed by atoms with van der Waals surface area (Å²) in [6, 6.07) is 2.47. The van der Waals surface area contributed by atoms with Gasteiger partial charge in [0, 0.05) is 18.7 Å². The number of nitrogens with one attached hydrogen (secondary N) is 3. The minimum absolute atomic E-state index is 0.227. The van der Waals surface area contributed by atoms with Gasteiger partial charge in [0.25, 0.3) is 5.91 Å². The number of amides is 2. The molecule has 0 aliphatic heterocycles. The quantitative estimate of drug-likeness (QED) is 0.671. The first-order chi connectivity index (χ1) is 9.97. The Morgan fingerprint density at radius 3 is 2.67 bits per heavy atom. The molecular weight excluding hydrogens is 292 g/mol. The minimum atomic E-state index is -0.614. The van der Waals surface area contributed by atoms with Gasteiger partial charge in [-0.15, -0.1) is 0 Å². The molecule has 3 N–H and O–H groups in total. The molecule has 6 nitrogen and oxygen atoms in total. The molecule has 0 fully saturated rings. The third kappa shape index (κ3) is 5.59. The van der Waals surface area contributed by atoms with Crippen molar-refractivity contribution in [3.05, 3.63) is 22.8 Å². The van der Waals surface area contributed by atoms with Crippen LogP contribution in [0.3, 0.4) is 0 Å². The number of hydrogen-bond acceptors (Lipinski definition) is 4. The summed E-state index contributed by atoms with van der Waals surface area (Å²) in [5.41, 5.74) is 0.366. The lowest BCUT2D eigenvalue weighted by atomic mass is 10.2. The van der Waals surface area contributed by atoms with Crippen LogP contribution in [-0.4, -0.2) is 35.9 Å². The molecule has 0 saturated heterocycles. The van der Waals surface area contributed by atoms with E-state index < -0.39 is 6.04 Å². The lowest BCUT2D eigenvalue weighted by Crippen LogP contribution is -2.44. The summed E-state index contributed by atoms with van der Waals surface area (Å²) in [7, 11) is 0. The van der Waals surface area contributed by atoms with Gasteiger partial charge in [0.2, 0.25) is 5.91 Å². The first kappa shape index (κ1) is 17.2. The molecule has 0 aliphatic carbocycles. The molecule has 7 heteroatoms. The van der Waals surface area contributed by atoms with Crippen molar-refractivity contribution in [2.45, 2.75) is 33.2 Å². The van der Waals surface area contributed by atoms with E-state index in [9.17, 15) is 9.59 Å². The molecule has 1 unspecified atom stereocenters. The van der Waals surface area contributed by atoms with Gasteiger partial charge in [0.1, 0.15) is 17.0 Å². The van der Waals surface area contributed by atoms with Crippen LogP contribution in [-0.2, 0) is 4.79 Å². The maximum absolute atomic E-state index is 12.1. The molecule has 0 aromatic carbocycles. The average molecular weight is 313 g/mol. The maximum Gasteiger partial charge on any atom is 0.252 e. The Hall–Kier alpha value is -1.82. The van der Waals surface area contributed by atoms with Crippen LogP contribution in [0.25, 0.3) is 0 Å². The van der Waals surface area contributed by atoms with Crippen molar-refractivity contribution in [2.75, 3.05) is 18.4 Å². The van der Waals surface area contributed by atoms with E-state index in [1.807, 2.05) is 13.8 Å². The Morgan fingerprint density at radius 2 is 2.05 bits per heavy atom. The number of anilines is 1. The Labute approximate surface area is 129 Å². The lowest BCUT2D eigenvalue weighted by molar-refractivity contribution is -0.122.